The maximum Gasteiger partial charge on any atom is 0.404 e. The van der Waals surface area contributed by atoms with Crippen molar-refractivity contribution in [3.05, 3.63) is 29.3 Å². The Morgan fingerprint density at radius 1 is 1.40 bits per heavy atom. The number of hydrogen-bond acceptors (Lipinski definition) is 3. The van der Waals surface area contributed by atoms with Crippen molar-refractivity contribution < 1.29 is 14.6 Å². The highest BCUT2D eigenvalue weighted by atomic mass is 16.5. The van der Waals surface area contributed by atoms with Gasteiger partial charge in [-0.25, -0.2) is 4.79 Å². The van der Waals surface area contributed by atoms with Crippen LogP contribution in [-0.2, 0) is 4.74 Å². The Morgan fingerprint density at radius 2 is 2.10 bits per heavy atom. The number of aromatic hydroxyl groups is 1. The molecule has 0 spiro atoms. The number of carbonyl (C=O) groups is 1. The van der Waals surface area contributed by atoms with Gasteiger partial charge in [-0.1, -0.05) is 26.0 Å². The van der Waals surface area contributed by atoms with E-state index < -0.39 is 6.09 Å². The van der Waals surface area contributed by atoms with Crippen molar-refractivity contribution in [1.82, 2.24) is 0 Å². The number of aryl methyl sites for hydroxylation is 1. The van der Waals surface area contributed by atoms with Gasteiger partial charge in [0.05, 0.1) is 6.61 Å². The lowest BCUT2D eigenvalue weighted by Crippen LogP contribution is -2.17. The van der Waals surface area contributed by atoms with Gasteiger partial charge < -0.3 is 15.6 Å². The number of nitrogens with two attached hydrogens (primary N) is 1. The molecule has 1 amide bonds. The van der Waals surface area contributed by atoms with Crippen molar-refractivity contribution in [2.75, 3.05) is 6.61 Å². The largest absolute Gasteiger partial charge is 0.508 e. The maximum absolute atomic E-state index is 10.6. The molecule has 0 heterocycles. The zero-order valence-electron chi connectivity index (χ0n) is 12.6. The minimum absolute atomic E-state index is 0.338. The second-order valence-corrected chi connectivity index (χ2v) is 5.05. The average molecular weight is 279 g/mol. The van der Waals surface area contributed by atoms with Crippen LogP contribution in [0.1, 0.15) is 50.2 Å². The summed E-state index contributed by atoms with van der Waals surface area (Å²) >= 11 is 0. The Labute approximate surface area is 120 Å². The molecule has 1 saturated carbocycles. The van der Waals surface area contributed by atoms with Crippen LogP contribution in [0.3, 0.4) is 0 Å². The Morgan fingerprint density at radius 3 is 2.70 bits per heavy atom. The molecule has 2 unspecified atom stereocenters. The van der Waals surface area contributed by atoms with Crippen LogP contribution in [0.2, 0.25) is 0 Å². The van der Waals surface area contributed by atoms with Gasteiger partial charge in [-0.3, -0.25) is 0 Å². The molecule has 3 N–H and O–H groups in total. The number of carbonyl (C=O) groups excluding carboxylic acids is 1. The normalized spacial score (nSPS) is 20.9. The summed E-state index contributed by atoms with van der Waals surface area (Å²) in [6, 6.07) is 5.76. The zero-order valence-corrected chi connectivity index (χ0v) is 12.6. The first-order valence-corrected chi connectivity index (χ1v) is 7.28. The van der Waals surface area contributed by atoms with E-state index in [-0.39, 0.29) is 0 Å². The molecule has 1 aliphatic carbocycles. The summed E-state index contributed by atoms with van der Waals surface area (Å²) in [5.74, 6) is 1.23. The maximum atomic E-state index is 10.6. The van der Waals surface area contributed by atoms with Crippen molar-refractivity contribution in [2.24, 2.45) is 11.7 Å². The van der Waals surface area contributed by atoms with Gasteiger partial charge in [0.25, 0.3) is 0 Å². The number of phenolic OH excluding ortho intramolecular Hbond substituents is 1. The monoisotopic (exact) mass is 279 g/mol. The van der Waals surface area contributed by atoms with E-state index in [9.17, 15) is 9.90 Å². The summed E-state index contributed by atoms with van der Waals surface area (Å²) in [5.41, 5.74) is 7.13. The molecule has 4 nitrogen and oxygen atoms in total. The molecule has 1 aromatic rings. The lowest BCUT2D eigenvalue weighted by atomic mass is 9.95. The molecule has 112 valence electrons. The smallest absolute Gasteiger partial charge is 0.404 e. The quantitative estimate of drug-likeness (QED) is 0.886. The van der Waals surface area contributed by atoms with E-state index in [0.717, 1.165) is 24.8 Å². The van der Waals surface area contributed by atoms with Crippen LogP contribution in [0.5, 0.6) is 5.75 Å². The predicted octanol–water partition coefficient (Wildman–Crippen LogP) is 3.71. The van der Waals surface area contributed by atoms with Gasteiger partial charge in [0.15, 0.2) is 0 Å². The lowest BCUT2D eigenvalue weighted by molar-refractivity contribution is 0.137. The van der Waals surface area contributed by atoms with Crippen LogP contribution in [0.15, 0.2) is 18.2 Å². The van der Waals surface area contributed by atoms with Crippen molar-refractivity contribution in [2.45, 2.75) is 46.0 Å². The van der Waals surface area contributed by atoms with E-state index in [1.165, 1.54) is 5.56 Å². The number of benzene rings is 1. The number of amides is 1. The van der Waals surface area contributed by atoms with Crippen LogP contribution >= 0.6 is 0 Å². The second kappa shape index (κ2) is 7.78. The molecule has 0 saturated heterocycles. The first kappa shape index (κ1) is 16.3. The van der Waals surface area contributed by atoms with Crippen LogP contribution in [0.25, 0.3) is 0 Å². The first-order chi connectivity index (χ1) is 9.56. The number of ether oxygens (including phenoxy) is 1. The van der Waals surface area contributed by atoms with Gasteiger partial charge in [0.1, 0.15) is 5.75 Å². The molecule has 0 radical (unpaired) electrons. The molecule has 1 aromatic carbocycles. The van der Waals surface area contributed by atoms with E-state index in [1.807, 2.05) is 32.9 Å². The average Bonchev–Trinajstić information content (AvgIpc) is 2.91. The highest BCUT2D eigenvalue weighted by molar-refractivity contribution is 5.64. The van der Waals surface area contributed by atoms with Gasteiger partial charge in [-0.05, 0) is 55.2 Å². The van der Waals surface area contributed by atoms with Crippen molar-refractivity contribution in [3.63, 3.8) is 0 Å². The molecule has 20 heavy (non-hydrogen) atoms. The Balaban J connectivity index is 0.000000956. The Bertz CT molecular complexity index is 445. The third-order valence-corrected chi connectivity index (χ3v) is 3.69. The Hall–Kier alpha value is -1.71. The third-order valence-electron chi connectivity index (χ3n) is 3.69. The number of rotatable bonds is 3. The fraction of sp³-hybridized carbons (Fsp3) is 0.562. The highest BCUT2D eigenvalue weighted by Crippen LogP contribution is 2.39. The fourth-order valence-electron chi connectivity index (χ4n) is 2.66. The van der Waals surface area contributed by atoms with Crippen molar-refractivity contribution in [3.8, 4) is 5.75 Å². The van der Waals surface area contributed by atoms with E-state index >= 15 is 0 Å². The number of hydrogen-bond donors (Lipinski definition) is 2. The topological polar surface area (TPSA) is 72.5 Å². The van der Waals surface area contributed by atoms with Gasteiger partial charge in [-0.15, -0.1) is 0 Å². The van der Waals surface area contributed by atoms with Crippen molar-refractivity contribution in [1.29, 1.82) is 0 Å². The number of primary amides is 1. The van der Waals surface area contributed by atoms with Crippen LogP contribution < -0.4 is 5.73 Å². The third kappa shape index (κ3) is 4.44. The van der Waals surface area contributed by atoms with Crippen molar-refractivity contribution >= 4 is 6.09 Å². The Kier molecular flexibility index (Phi) is 6.36. The summed E-state index contributed by atoms with van der Waals surface area (Å²) in [6.45, 7) is 6.32. The predicted molar refractivity (Wildman–Crippen MR) is 79.8 cm³/mol. The molecule has 0 aliphatic heterocycles. The van der Waals surface area contributed by atoms with Crippen LogP contribution in [0.4, 0.5) is 4.79 Å². The zero-order chi connectivity index (χ0) is 15.1. The summed E-state index contributed by atoms with van der Waals surface area (Å²) in [6.07, 6.45) is 2.46. The molecule has 2 rings (SSSR count). The molecule has 2 atom stereocenters. The molecule has 0 aromatic heterocycles. The van der Waals surface area contributed by atoms with Crippen LogP contribution in [-0.4, -0.2) is 17.8 Å². The van der Waals surface area contributed by atoms with E-state index in [1.54, 1.807) is 6.07 Å². The fourth-order valence-corrected chi connectivity index (χ4v) is 2.66. The summed E-state index contributed by atoms with van der Waals surface area (Å²) in [4.78, 5) is 10.6. The van der Waals surface area contributed by atoms with Gasteiger partial charge in [0, 0.05) is 0 Å². The molecule has 1 aliphatic rings. The van der Waals surface area contributed by atoms with Gasteiger partial charge >= 0.3 is 6.09 Å². The number of phenols is 1. The molecular weight excluding hydrogens is 254 g/mol. The van der Waals surface area contributed by atoms with Crippen LogP contribution in [0, 0.1) is 12.8 Å². The summed E-state index contributed by atoms with van der Waals surface area (Å²) in [7, 11) is 0. The molecule has 4 heteroatoms. The SMILES string of the molecule is CC.Cc1cc(C2CCC(COC(N)=O)C2)ccc1O. The second-order valence-electron chi connectivity index (χ2n) is 5.05. The highest BCUT2D eigenvalue weighted by Gasteiger charge is 2.26. The standard InChI is InChI=1S/C14H19NO3.C2H6/c1-9-6-11(4-5-13(9)16)12-3-2-10(7-12)8-18-14(15)17;1-2/h4-6,10,12,16H,2-3,7-8H2,1H3,(H2,15,17);1-2H3. The molecular formula is C16H25NO3. The van der Waals surface area contributed by atoms with Gasteiger partial charge in [-0.2, -0.15) is 0 Å². The minimum Gasteiger partial charge on any atom is -0.508 e. The summed E-state index contributed by atoms with van der Waals surface area (Å²) < 4.78 is 4.85. The minimum atomic E-state index is -0.695. The summed E-state index contributed by atoms with van der Waals surface area (Å²) in [5, 5.41) is 9.51. The molecule has 1 fully saturated rings. The lowest BCUT2D eigenvalue weighted by Gasteiger charge is -2.12. The van der Waals surface area contributed by atoms with E-state index in [2.05, 4.69) is 0 Å². The molecule has 0 bridgehead atoms. The van der Waals surface area contributed by atoms with Gasteiger partial charge in [0.2, 0.25) is 0 Å². The van der Waals surface area contributed by atoms with E-state index in [0.29, 0.717) is 24.2 Å². The van der Waals surface area contributed by atoms with E-state index in [4.69, 9.17) is 10.5 Å². The first-order valence-electron chi connectivity index (χ1n) is 7.28.